The highest BCUT2D eigenvalue weighted by Gasteiger charge is 2.36. The van der Waals surface area contributed by atoms with Gasteiger partial charge in [-0.3, -0.25) is 0 Å². The first-order valence-electron chi connectivity index (χ1n) is 9.44. The molecule has 26 heavy (non-hydrogen) atoms. The lowest BCUT2D eigenvalue weighted by atomic mass is 10.0. The van der Waals surface area contributed by atoms with Gasteiger partial charge in [0.25, 0.3) is 0 Å². The van der Waals surface area contributed by atoms with Gasteiger partial charge in [-0.05, 0) is 48.7 Å². The van der Waals surface area contributed by atoms with E-state index in [9.17, 15) is 4.79 Å². The van der Waals surface area contributed by atoms with Gasteiger partial charge in [-0.25, -0.2) is 0 Å². The number of methoxy groups -OCH3 is 1. The SMILES string of the molecule is COc1ccc(CO[C@H](CCCO[Si](C)(C)C(C)(C)C)[C@@H](C)C=O)cc1. The summed E-state index contributed by atoms with van der Waals surface area (Å²) in [6.45, 7) is 14.4. The van der Waals surface area contributed by atoms with Crippen LogP contribution in [0, 0.1) is 5.92 Å². The van der Waals surface area contributed by atoms with Crippen molar-refractivity contribution in [1.82, 2.24) is 0 Å². The Bertz CT molecular complexity index is 534. The molecule has 0 spiro atoms. The molecule has 1 rings (SSSR count). The maximum absolute atomic E-state index is 11.2. The van der Waals surface area contributed by atoms with Crippen molar-refractivity contribution in [3.8, 4) is 5.75 Å². The largest absolute Gasteiger partial charge is 0.497 e. The second-order valence-electron chi connectivity index (χ2n) is 8.44. The molecule has 1 aromatic carbocycles. The van der Waals surface area contributed by atoms with Gasteiger partial charge in [-0.2, -0.15) is 0 Å². The van der Waals surface area contributed by atoms with Gasteiger partial charge in [-0.1, -0.05) is 39.8 Å². The average molecular weight is 381 g/mol. The number of hydrogen-bond acceptors (Lipinski definition) is 4. The molecule has 0 saturated carbocycles. The summed E-state index contributed by atoms with van der Waals surface area (Å²) in [5.41, 5.74) is 1.08. The van der Waals surface area contributed by atoms with Crippen LogP contribution in [-0.4, -0.2) is 34.4 Å². The quantitative estimate of drug-likeness (QED) is 0.300. The summed E-state index contributed by atoms with van der Waals surface area (Å²) in [6.07, 6.45) is 2.62. The first-order chi connectivity index (χ1) is 12.1. The Balaban J connectivity index is 2.50. The van der Waals surface area contributed by atoms with Crippen LogP contribution in [0.15, 0.2) is 24.3 Å². The lowest BCUT2D eigenvalue weighted by Gasteiger charge is -2.36. The fourth-order valence-corrected chi connectivity index (χ4v) is 3.43. The Hall–Kier alpha value is -1.17. The van der Waals surface area contributed by atoms with Crippen molar-refractivity contribution in [2.75, 3.05) is 13.7 Å². The van der Waals surface area contributed by atoms with Gasteiger partial charge in [0.1, 0.15) is 12.0 Å². The summed E-state index contributed by atoms with van der Waals surface area (Å²) < 4.78 is 17.4. The molecule has 1 aromatic rings. The molecule has 0 saturated heterocycles. The van der Waals surface area contributed by atoms with Gasteiger partial charge in [-0.15, -0.1) is 0 Å². The van der Waals surface area contributed by atoms with E-state index in [-0.39, 0.29) is 17.1 Å². The zero-order valence-corrected chi connectivity index (χ0v) is 18.5. The van der Waals surface area contributed by atoms with Crippen LogP contribution >= 0.6 is 0 Å². The highest BCUT2D eigenvalue weighted by atomic mass is 28.4. The average Bonchev–Trinajstić information content (AvgIpc) is 2.59. The lowest BCUT2D eigenvalue weighted by Crippen LogP contribution is -2.41. The molecule has 0 aliphatic rings. The molecule has 148 valence electrons. The molecule has 0 aromatic heterocycles. The first-order valence-corrected chi connectivity index (χ1v) is 12.4. The van der Waals surface area contributed by atoms with Crippen LogP contribution in [-0.2, 0) is 20.6 Å². The monoisotopic (exact) mass is 380 g/mol. The van der Waals surface area contributed by atoms with Crippen LogP contribution in [0.2, 0.25) is 18.1 Å². The first kappa shape index (κ1) is 22.9. The third-order valence-corrected chi connectivity index (χ3v) is 9.86. The Kier molecular flexibility index (Phi) is 9.00. The van der Waals surface area contributed by atoms with E-state index in [0.717, 1.165) is 37.0 Å². The topological polar surface area (TPSA) is 44.8 Å². The summed E-state index contributed by atoms with van der Waals surface area (Å²) in [5.74, 6) is 0.704. The predicted molar refractivity (Wildman–Crippen MR) is 109 cm³/mol. The summed E-state index contributed by atoms with van der Waals surface area (Å²) >= 11 is 0. The molecule has 0 unspecified atom stereocenters. The summed E-state index contributed by atoms with van der Waals surface area (Å²) in [4.78, 5) is 11.2. The second-order valence-corrected chi connectivity index (χ2v) is 13.3. The molecule has 0 bridgehead atoms. The lowest BCUT2D eigenvalue weighted by molar-refractivity contribution is -0.116. The minimum atomic E-state index is -1.71. The molecule has 0 fully saturated rings. The van der Waals surface area contributed by atoms with Gasteiger partial charge >= 0.3 is 0 Å². The number of rotatable bonds is 11. The number of carbonyl (C=O) groups is 1. The molecule has 5 heteroatoms. The van der Waals surface area contributed by atoms with Gasteiger partial charge < -0.3 is 18.7 Å². The van der Waals surface area contributed by atoms with E-state index >= 15 is 0 Å². The van der Waals surface area contributed by atoms with E-state index in [1.807, 2.05) is 31.2 Å². The molecule has 0 aliphatic heterocycles. The smallest absolute Gasteiger partial charge is 0.191 e. The number of aldehydes is 1. The Morgan fingerprint density at radius 2 is 1.77 bits per heavy atom. The fraction of sp³-hybridized carbons (Fsp3) is 0.667. The minimum absolute atomic E-state index is 0.0855. The van der Waals surface area contributed by atoms with Gasteiger partial charge in [0.15, 0.2) is 8.32 Å². The summed E-state index contributed by atoms with van der Waals surface area (Å²) in [5, 5.41) is 0.216. The van der Waals surface area contributed by atoms with Crippen molar-refractivity contribution in [2.24, 2.45) is 5.92 Å². The Morgan fingerprint density at radius 1 is 1.15 bits per heavy atom. The number of benzene rings is 1. The third kappa shape index (κ3) is 7.21. The zero-order valence-electron chi connectivity index (χ0n) is 17.5. The Labute approximate surface area is 160 Å². The summed E-state index contributed by atoms with van der Waals surface area (Å²) in [6, 6.07) is 7.82. The van der Waals surface area contributed by atoms with Crippen LogP contribution < -0.4 is 4.74 Å². The second kappa shape index (κ2) is 10.2. The number of carbonyl (C=O) groups excluding carboxylic acids is 1. The van der Waals surface area contributed by atoms with Crippen molar-refractivity contribution < 1.29 is 18.7 Å². The van der Waals surface area contributed by atoms with Crippen LogP contribution in [0.5, 0.6) is 5.75 Å². The van der Waals surface area contributed by atoms with Crippen molar-refractivity contribution >= 4 is 14.6 Å². The number of ether oxygens (including phenoxy) is 2. The molecule has 2 atom stereocenters. The van der Waals surface area contributed by atoms with Crippen LogP contribution in [0.1, 0.15) is 46.1 Å². The highest BCUT2D eigenvalue weighted by Crippen LogP contribution is 2.36. The third-order valence-electron chi connectivity index (χ3n) is 5.33. The molecule has 0 N–H and O–H groups in total. The van der Waals surface area contributed by atoms with E-state index < -0.39 is 8.32 Å². The molecule has 0 aliphatic carbocycles. The van der Waals surface area contributed by atoms with E-state index in [1.165, 1.54) is 0 Å². The van der Waals surface area contributed by atoms with Gasteiger partial charge in [0, 0.05) is 12.5 Å². The minimum Gasteiger partial charge on any atom is -0.497 e. The molecular weight excluding hydrogens is 344 g/mol. The molecular formula is C21H36O4Si. The summed E-state index contributed by atoms with van der Waals surface area (Å²) in [7, 11) is -0.0629. The maximum atomic E-state index is 11.2. The molecule has 0 heterocycles. The molecule has 0 amide bonds. The van der Waals surface area contributed by atoms with Crippen LogP contribution in [0.3, 0.4) is 0 Å². The highest BCUT2D eigenvalue weighted by molar-refractivity contribution is 6.74. The fourth-order valence-electron chi connectivity index (χ4n) is 2.34. The van der Waals surface area contributed by atoms with E-state index in [4.69, 9.17) is 13.9 Å². The van der Waals surface area contributed by atoms with Crippen LogP contribution in [0.4, 0.5) is 0 Å². The molecule has 0 radical (unpaired) electrons. The van der Waals surface area contributed by atoms with Gasteiger partial charge in [0.2, 0.25) is 0 Å². The standard InChI is InChI=1S/C21H36O4Si/c1-17(15-22)20(9-8-14-25-26(6,7)21(2,3)4)24-16-18-10-12-19(23-5)13-11-18/h10-13,15,17,20H,8-9,14,16H2,1-7H3/t17-,20+/m0/s1. The molecule has 4 nitrogen and oxygen atoms in total. The van der Waals surface area contributed by atoms with Crippen molar-refractivity contribution in [1.29, 1.82) is 0 Å². The maximum Gasteiger partial charge on any atom is 0.191 e. The van der Waals surface area contributed by atoms with Crippen molar-refractivity contribution in [3.05, 3.63) is 29.8 Å². The van der Waals surface area contributed by atoms with E-state index in [0.29, 0.717) is 6.61 Å². The number of hydrogen-bond donors (Lipinski definition) is 0. The van der Waals surface area contributed by atoms with Crippen LogP contribution in [0.25, 0.3) is 0 Å². The van der Waals surface area contributed by atoms with Gasteiger partial charge in [0.05, 0.1) is 19.8 Å². The van der Waals surface area contributed by atoms with E-state index in [1.54, 1.807) is 7.11 Å². The van der Waals surface area contributed by atoms with Crippen molar-refractivity contribution in [3.63, 3.8) is 0 Å². The Morgan fingerprint density at radius 3 is 2.27 bits per heavy atom. The zero-order chi connectivity index (χ0) is 19.8. The van der Waals surface area contributed by atoms with E-state index in [2.05, 4.69) is 33.9 Å². The normalized spacial score (nSPS) is 14.7. The van der Waals surface area contributed by atoms with Crippen molar-refractivity contribution in [2.45, 2.75) is 71.4 Å². The predicted octanol–water partition coefficient (Wildman–Crippen LogP) is 5.22.